The number of nitrogens with zero attached hydrogens (tertiary/aromatic N) is 1. The van der Waals surface area contributed by atoms with E-state index in [4.69, 9.17) is 25.5 Å². The van der Waals surface area contributed by atoms with Crippen LogP contribution in [0.4, 0.5) is 4.79 Å². The molecule has 3 aromatic rings. The largest absolute Gasteiger partial charge is 0.448 e. The summed E-state index contributed by atoms with van der Waals surface area (Å²) < 4.78 is 40.4. The van der Waals surface area contributed by atoms with Gasteiger partial charge in [0.05, 0.1) is 4.90 Å². The highest BCUT2D eigenvalue weighted by molar-refractivity contribution is 8.00. The highest BCUT2D eigenvalue weighted by atomic mass is 32.2. The van der Waals surface area contributed by atoms with Gasteiger partial charge in [-0.1, -0.05) is 78.4 Å². The lowest BCUT2D eigenvalue weighted by Gasteiger charge is -2.48. The number of ether oxygens (including phenoxy) is 2. The van der Waals surface area contributed by atoms with Gasteiger partial charge in [0.1, 0.15) is 23.7 Å². The van der Waals surface area contributed by atoms with Crippen molar-refractivity contribution < 1.29 is 36.8 Å². The Bertz CT molecular complexity index is 1540. The monoisotopic (exact) mass is 611 g/mol. The number of amides is 2. The number of thioether (sulfide) groups is 1. The third kappa shape index (κ3) is 7.18. The van der Waals surface area contributed by atoms with Crippen LogP contribution in [-0.4, -0.2) is 59.6 Å². The van der Waals surface area contributed by atoms with E-state index in [9.17, 15) is 22.8 Å². The first-order chi connectivity index (χ1) is 20.0. The minimum Gasteiger partial charge on any atom is -0.448 e. The highest BCUT2D eigenvalue weighted by Gasteiger charge is 2.52. The summed E-state index contributed by atoms with van der Waals surface area (Å²) >= 11 is 1.40. The van der Waals surface area contributed by atoms with Gasteiger partial charge in [-0.3, -0.25) is 14.2 Å². The van der Waals surface area contributed by atoms with Crippen molar-refractivity contribution in [3.8, 4) is 0 Å². The molecule has 2 amide bonds. The molecule has 2 heterocycles. The van der Waals surface area contributed by atoms with E-state index in [1.807, 2.05) is 67.6 Å². The number of carbonyl (C=O) groups is 3. The number of carbonyl (C=O) groups excluding carboxylic acids is 3. The molecule has 11 nitrogen and oxygen atoms in total. The molecule has 1 saturated heterocycles. The van der Waals surface area contributed by atoms with E-state index in [1.165, 1.54) is 28.8 Å². The molecule has 42 heavy (non-hydrogen) atoms. The van der Waals surface area contributed by atoms with Gasteiger partial charge in [0.15, 0.2) is 6.10 Å². The van der Waals surface area contributed by atoms with Gasteiger partial charge in [-0.05, 0) is 30.2 Å². The summed E-state index contributed by atoms with van der Waals surface area (Å²) in [5, 5.41) is -0.362. The van der Waals surface area contributed by atoms with Crippen molar-refractivity contribution in [2.24, 2.45) is 11.5 Å². The normalized spacial score (nSPS) is 17.9. The Morgan fingerprint density at radius 3 is 2.05 bits per heavy atom. The summed E-state index contributed by atoms with van der Waals surface area (Å²) in [6, 6.07) is 23.9. The first-order valence-electron chi connectivity index (χ1n) is 12.7. The second kappa shape index (κ2) is 13.2. The predicted octanol–water partition coefficient (Wildman–Crippen LogP) is 3.15. The van der Waals surface area contributed by atoms with Crippen LogP contribution < -0.4 is 11.5 Å². The lowest BCUT2D eigenvalue weighted by Crippen LogP contribution is -2.68. The van der Waals surface area contributed by atoms with Crippen LogP contribution in [0.5, 0.6) is 0 Å². The van der Waals surface area contributed by atoms with Gasteiger partial charge in [0.2, 0.25) is 5.91 Å². The molecule has 0 spiro atoms. The summed E-state index contributed by atoms with van der Waals surface area (Å²) in [4.78, 5) is 38.1. The van der Waals surface area contributed by atoms with E-state index in [2.05, 4.69) is 0 Å². The summed E-state index contributed by atoms with van der Waals surface area (Å²) in [7, 11) is -4.02. The predicted molar refractivity (Wildman–Crippen MR) is 155 cm³/mol. The van der Waals surface area contributed by atoms with E-state index in [0.29, 0.717) is 11.3 Å². The van der Waals surface area contributed by atoms with Crippen LogP contribution in [0, 0.1) is 6.92 Å². The molecule has 5 rings (SSSR count). The molecular formula is C29H29N3O8S2. The number of benzene rings is 3. The minimum atomic E-state index is -4.02. The Hall–Kier alpha value is -4.17. The van der Waals surface area contributed by atoms with E-state index >= 15 is 0 Å². The lowest BCUT2D eigenvalue weighted by molar-refractivity contribution is -0.153. The van der Waals surface area contributed by atoms with E-state index < -0.39 is 34.3 Å². The van der Waals surface area contributed by atoms with Gasteiger partial charge in [-0.15, -0.1) is 11.8 Å². The van der Waals surface area contributed by atoms with Crippen molar-refractivity contribution in [2.75, 3.05) is 12.4 Å². The molecule has 13 heteroatoms. The number of rotatable bonds is 7. The number of β-lactam (4-membered cyclic amide) rings is 1. The van der Waals surface area contributed by atoms with Crippen LogP contribution in [-0.2, 0) is 29.2 Å². The maximum Gasteiger partial charge on any atom is 0.404 e. The maximum absolute atomic E-state index is 13.4. The standard InChI is InChI=1S/C22H21N3O5S.C7H8O3S/c23-16-19(26)25-17(15(11-29-22(24)28)12-31-20(16)25)21(27)30-18(13-7-3-1-4-8-13)14-9-5-2-6-10-14;1-6-2-4-7(5-3-6)11(8,9)10/h1-10,16,18,20H,11-12,23H2,(H2,24,28);2-5H,1H3,(H,8,9,10)/t16-,20+;/m1./s1. The number of nitrogens with two attached hydrogens (primary N) is 2. The van der Waals surface area contributed by atoms with E-state index in [0.717, 1.165) is 16.7 Å². The zero-order valence-corrected chi connectivity index (χ0v) is 24.1. The Morgan fingerprint density at radius 1 is 1.00 bits per heavy atom. The van der Waals surface area contributed by atoms with E-state index in [-0.39, 0.29) is 28.5 Å². The summed E-state index contributed by atoms with van der Waals surface area (Å²) in [5.74, 6) is -0.704. The molecule has 2 atom stereocenters. The number of esters is 1. The molecule has 0 aromatic heterocycles. The van der Waals surface area contributed by atoms with Crippen molar-refractivity contribution in [1.82, 2.24) is 4.90 Å². The lowest BCUT2D eigenvalue weighted by atomic mass is 10.0. The Balaban J connectivity index is 0.000000310. The Kier molecular flexibility index (Phi) is 9.68. The smallest absolute Gasteiger partial charge is 0.404 e. The third-order valence-corrected chi connectivity index (χ3v) is 8.65. The fourth-order valence-corrected chi connectivity index (χ4v) is 6.05. The number of hydrogen-bond acceptors (Lipinski definition) is 9. The van der Waals surface area contributed by atoms with Gasteiger partial charge in [-0.25, -0.2) is 9.59 Å². The molecule has 0 saturated carbocycles. The number of aryl methyl sites for hydroxylation is 1. The van der Waals surface area contributed by atoms with Crippen molar-refractivity contribution in [3.05, 3.63) is 113 Å². The summed E-state index contributed by atoms with van der Waals surface area (Å²) in [6.45, 7) is 1.63. The molecule has 2 aliphatic heterocycles. The molecule has 0 unspecified atom stereocenters. The fraction of sp³-hybridized carbons (Fsp3) is 0.207. The van der Waals surface area contributed by atoms with Gasteiger partial charge in [-0.2, -0.15) is 8.42 Å². The van der Waals surface area contributed by atoms with Crippen LogP contribution in [0.1, 0.15) is 22.8 Å². The van der Waals surface area contributed by atoms with Crippen LogP contribution in [0.25, 0.3) is 0 Å². The molecular weight excluding hydrogens is 582 g/mol. The highest BCUT2D eigenvalue weighted by Crippen LogP contribution is 2.40. The second-order valence-corrected chi connectivity index (χ2v) is 11.9. The number of hydrogen-bond donors (Lipinski definition) is 3. The summed E-state index contributed by atoms with van der Waals surface area (Å²) in [5.41, 5.74) is 14.0. The van der Waals surface area contributed by atoms with Crippen molar-refractivity contribution in [3.63, 3.8) is 0 Å². The molecule has 1 fully saturated rings. The summed E-state index contributed by atoms with van der Waals surface area (Å²) in [6.07, 6.45) is -1.65. The van der Waals surface area contributed by atoms with Crippen LogP contribution in [0.3, 0.4) is 0 Å². The molecule has 0 aliphatic carbocycles. The number of fused-ring (bicyclic) bond motifs is 1. The average molecular weight is 612 g/mol. The molecule has 2 aliphatic rings. The van der Waals surface area contributed by atoms with Crippen LogP contribution in [0.2, 0.25) is 0 Å². The molecule has 0 bridgehead atoms. The van der Waals surface area contributed by atoms with Crippen molar-refractivity contribution in [2.45, 2.75) is 29.3 Å². The Morgan fingerprint density at radius 2 is 1.55 bits per heavy atom. The molecule has 220 valence electrons. The van der Waals surface area contributed by atoms with Gasteiger partial charge in [0.25, 0.3) is 10.1 Å². The quantitative estimate of drug-likeness (QED) is 0.204. The zero-order valence-electron chi connectivity index (χ0n) is 22.5. The van der Waals surface area contributed by atoms with Crippen LogP contribution in [0.15, 0.2) is 101 Å². The van der Waals surface area contributed by atoms with Crippen LogP contribution >= 0.6 is 11.8 Å². The topological polar surface area (TPSA) is 179 Å². The zero-order chi connectivity index (χ0) is 30.4. The third-order valence-electron chi connectivity index (χ3n) is 6.42. The fourth-order valence-electron chi connectivity index (χ4n) is 4.30. The van der Waals surface area contributed by atoms with E-state index in [1.54, 1.807) is 12.1 Å². The van der Waals surface area contributed by atoms with Crippen molar-refractivity contribution >= 4 is 39.8 Å². The SMILES string of the molecule is Cc1ccc(S(=O)(=O)O)cc1.NC(=O)OCC1=C(C(=O)OC(c2ccccc2)c2ccccc2)N2C(=O)[C@@H](N)[C@@H]2SC1. The number of primary amides is 1. The van der Waals surface area contributed by atoms with Gasteiger partial charge >= 0.3 is 12.1 Å². The van der Waals surface area contributed by atoms with Gasteiger partial charge in [0, 0.05) is 11.3 Å². The van der Waals surface area contributed by atoms with Gasteiger partial charge < -0.3 is 20.9 Å². The first-order valence-corrected chi connectivity index (χ1v) is 15.2. The van der Waals surface area contributed by atoms with Crippen molar-refractivity contribution in [1.29, 1.82) is 0 Å². The Labute approximate surface area is 247 Å². The first kappa shape index (κ1) is 30.8. The average Bonchev–Trinajstić information content (AvgIpc) is 2.98. The second-order valence-electron chi connectivity index (χ2n) is 9.39. The minimum absolute atomic E-state index is 0.0635. The molecule has 3 aromatic carbocycles. The maximum atomic E-state index is 13.4. The molecule has 0 radical (unpaired) electrons. The molecule has 5 N–H and O–H groups in total.